The van der Waals surface area contributed by atoms with Crippen molar-refractivity contribution >= 4 is 21.3 Å². The van der Waals surface area contributed by atoms with Crippen molar-refractivity contribution in [3.05, 3.63) is 64.6 Å². The Morgan fingerprint density at radius 2 is 1.74 bits per heavy atom. The van der Waals surface area contributed by atoms with E-state index in [1.807, 2.05) is 0 Å². The summed E-state index contributed by atoms with van der Waals surface area (Å²) in [5.41, 5.74) is -2.19. The maximum Gasteiger partial charge on any atom is 0.435 e. The fourth-order valence-electron chi connectivity index (χ4n) is 3.17. The standard InChI is InChI=1S/C22H20F4N4O4S/c1-11-16(33-3)8-13(23)9-17(11)34-21-18(12(2)19(29-30-21)22(24,25)26)20(31)28-14-6-5-7-15(10-14)35(4,27)32/h5-10,27H,1-4H3,(H,28,31). The summed E-state index contributed by atoms with van der Waals surface area (Å²) in [5, 5.41) is 9.03. The molecule has 0 radical (unpaired) electrons. The molecule has 0 aliphatic heterocycles. The number of nitrogens with zero attached hydrogens (tertiary/aromatic N) is 2. The van der Waals surface area contributed by atoms with Crippen molar-refractivity contribution < 1.29 is 36.0 Å². The van der Waals surface area contributed by atoms with Crippen molar-refractivity contribution in [1.29, 1.82) is 4.78 Å². The van der Waals surface area contributed by atoms with Crippen LogP contribution in [0.2, 0.25) is 0 Å². The van der Waals surface area contributed by atoms with Gasteiger partial charge in [-0.25, -0.2) is 13.4 Å². The number of alkyl halides is 3. The summed E-state index contributed by atoms with van der Waals surface area (Å²) in [7, 11) is -1.82. The van der Waals surface area contributed by atoms with Gasteiger partial charge in [-0.1, -0.05) is 6.07 Å². The van der Waals surface area contributed by atoms with Crippen LogP contribution in [-0.4, -0.2) is 33.7 Å². The van der Waals surface area contributed by atoms with E-state index in [4.69, 9.17) is 14.3 Å². The van der Waals surface area contributed by atoms with Gasteiger partial charge in [-0.05, 0) is 37.6 Å². The van der Waals surface area contributed by atoms with E-state index in [-0.39, 0.29) is 22.1 Å². The molecule has 0 fully saturated rings. The second-order valence-electron chi connectivity index (χ2n) is 7.51. The molecule has 0 spiro atoms. The SMILES string of the molecule is COc1cc(F)cc(Oc2nnc(C(F)(F)F)c(C)c2C(=O)Nc2cccc(S(C)(=N)=O)c2)c1C. The number of carbonyl (C=O) groups is 1. The molecule has 35 heavy (non-hydrogen) atoms. The van der Waals surface area contributed by atoms with E-state index in [2.05, 4.69) is 15.5 Å². The Bertz CT molecular complexity index is 1410. The first kappa shape index (κ1) is 25.9. The van der Waals surface area contributed by atoms with Crippen molar-refractivity contribution in [1.82, 2.24) is 10.2 Å². The number of hydrogen-bond donors (Lipinski definition) is 2. The number of nitrogens with one attached hydrogen (secondary N) is 2. The van der Waals surface area contributed by atoms with Crippen molar-refractivity contribution in [2.75, 3.05) is 18.7 Å². The number of aromatic nitrogens is 2. The highest BCUT2D eigenvalue weighted by Gasteiger charge is 2.38. The molecule has 1 heterocycles. The van der Waals surface area contributed by atoms with Gasteiger partial charge in [0.05, 0.1) is 16.8 Å². The lowest BCUT2D eigenvalue weighted by atomic mass is 10.1. The van der Waals surface area contributed by atoms with Crippen LogP contribution in [0.4, 0.5) is 23.2 Å². The highest BCUT2D eigenvalue weighted by atomic mass is 32.2. The Kier molecular flexibility index (Phi) is 7.01. The van der Waals surface area contributed by atoms with Gasteiger partial charge in [0.2, 0.25) is 0 Å². The Balaban J connectivity index is 2.12. The summed E-state index contributed by atoms with van der Waals surface area (Å²) < 4.78 is 84.8. The van der Waals surface area contributed by atoms with Crippen molar-refractivity contribution in [3.63, 3.8) is 0 Å². The highest BCUT2D eigenvalue weighted by Crippen LogP contribution is 2.37. The van der Waals surface area contributed by atoms with Crippen molar-refractivity contribution in [2.24, 2.45) is 0 Å². The second kappa shape index (κ2) is 9.49. The van der Waals surface area contributed by atoms with Gasteiger partial charge in [0.15, 0.2) is 5.69 Å². The molecular weight excluding hydrogens is 492 g/mol. The number of benzene rings is 2. The Labute approximate surface area is 198 Å². The van der Waals surface area contributed by atoms with Crippen LogP contribution in [0.25, 0.3) is 0 Å². The normalized spacial score (nSPS) is 13.1. The third kappa shape index (κ3) is 5.67. The lowest BCUT2D eigenvalue weighted by Crippen LogP contribution is -2.21. The monoisotopic (exact) mass is 512 g/mol. The van der Waals surface area contributed by atoms with Gasteiger partial charge in [-0.2, -0.15) is 13.2 Å². The zero-order valence-corrected chi connectivity index (χ0v) is 19.7. The smallest absolute Gasteiger partial charge is 0.435 e. The minimum atomic E-state index is -4.92. The lowest BCUT2D eigenvalue weighted by Gasteiger charge is -2.17. The largest absolute Gasteiger partial charge is 0.496 e. The van der Waals surface area contributed by atoms with Crippen LogP contribution in [-0.2, 0) is 15.9 Å². The molecular formula is C22H20F4N4O4S. The van der Waals surface area contributed by atoms with Gasteiger partial charge in [0.1, 0.15) is 22.9 Å². The van der Waals surface area contributed by atoms with E-state index in [1.165, 1.54) is 44.6 Å². The van der Waals surface area contributed by atoms with Gasteiger partial charge in [-0.15, -0.1) is 10.2 Å². The van der Waals surface area contributed by atoms with E-state index in [9.17, 15) is 26.6 Å². The fourth-order valence-corrected chi connectivity index (χ4v) is 3.86. The first-order valence-electron chi connectivity index (χ1n) is 9.84. The number of halogens is 4. The van der Waals surface area contributed by atoms with Crippen molar-refractivity contribution in [3.8, 4) is 17.4 Å². The quantitative estimate of drug-likeness (QED) is 0.431. The Morgan fingerprint density at radius 3 is 2.34 bits per heavy atom. The number of carbonyl (C=O) groups excluding carboxylic acids is 1. The number of anilines is 1. The molecule has 13 heteroatoms. The second-order valence-corrected chi connectivity index (χ2v) is 9.67. The maximum absolute atomic E-state index is 14.0. The molecule has 1 amide bonds. The van der Waals surface area contributed by atoms with Gasteiger partial charge >= 0.3 is 6.18 Å². The average Bonchev–Trinajstić information content (AvgIpc) is 2.74. The predicted octanol–water partition coefficient (Wildman–Crippen LogP) is 5.34. The summed E-state index contributed by atoms with van der Waals surface area (Å²) >= 11 is 0. The molecule has 0 aliphatic carbocycles. The van der Waals surface area contributed by atoms with Crippen LogP contribution in [0.3, 0.4) is 0 Å². The van der Waals surface area contributed by atoms with Crippen LogP contribution >= 0.6 is 0 Å². The molecule has 8 nitrogen and oxygen atoms in total. The number of methoxy groups -OCH3 is 1. The van der Waals surface area contributed by atoms with Crippen molar-refractivity contribution in [2.45, 2.75) is 24.9 Å². The number of hydrogen-bond acceptors (Lipinski definition) is 7. The zero-order chi connectivity index (χ0) is 26.1. The minimum absolute atomic E-state index is 0.0775. The summed E-state index contributed by atoms with van der Waals surface area (Å²) in [6, 6.07) is 7.57. The number of ether oxygens (including phenoxy) is 2. The average molecular weight is 512 g/mol. The highest BCUT2D eigenvalue weighted by molar-refractivity contribution is 7.91. The van der Waals surface area contributed by atoms with Crippen LogP contribution in [0.1, 0.15) is 27.2 Å². The molecule has 2 aromatic carbocycles. The van der Waals surface area contributed by atoms with E-state index in [0.717, 1.165) is 19.1 Å². The van der Waals surface area contributed by atoms with E-state index < -0.39 is 50.3 Å². The molecule has 1 aromatic heterocycles. The fraction of sp³-hybridized carbons (Fsp3) is 0.227. The first-order chi connectivity index (χ1) is 16.2. The van der Waals surface area contributed by atoms with E-state index in [0.29, 0.717) is 5.56 Å². The maximum atomic E-state index is 14.0. The van der Waals surface area contributed by atoms with Gasteiger partial charge in [0, 0.05) is 34.5 Å². The molecule has 3 rings (SSSR count). The number of rotatable bonds is 6. The molecule has 0 aliphatic rings. The van der Waals surface area contributed by atoms with Crippen LogP contribution in [0.5, 0.6) is 17.4 Å². The minimum Gasteiger partial charge on any atom is -0.496 e. The molecule has 1 unspecified atom stereocenters. The molecule has 186 valence electrons. The first-order valence-corrected chi connectivity index (χ1v) is 11.8. The third-order valence-corrected chi connectivity index (χ3v) is 6.08. The summed E-state index contributed by atoms with van der Waals surface area (Å²) in [6.07, 6.45) is -3.73. The van der Waals surface area contributed by atoms with E-state index in [1.54, 1.807) is 0 Å². The van der Waals surface area contributed by atoms with Gasteiger partial charge in [-0.3, -0.25) is 4.79 Å². The Hall–Kier alpha value is -3.74. The van der Waals surface area contributed by atoms with Crippen LogP contribution < -0.4 is 14.8 Å². The zero-order valence-electron chi connectivity index (χ0n) is 18.9. The Morgan fingerprint density at radius 1 is 1.09 bits per heavy atom. The van der Waals surface area contributed by atoms with Gasteiger partial charge in [0.25, 0.3) is 11.8 Å². The topological polar surface area (TPSA) is 114 Å². The van der Waals surface area contributed by atoms with E-state index >= 15 is 0 Å². The van der Waals surface area contributed by atoms with Crippen LogP contribution in [0, 0.1) is 24.4 Å². The molecule has 1 atom stereocenters. The van der Waals surface area contributed by atoms with Gasteiger partial charge < -0.3 is 14.8 Å². The lowest BCUT2D eigenvalue weighted by molar-refractivity contribution is -0.142. The summed E-state index contributed by atoms with van der Waals surface area (Å²) in [6.45, 7) is 2.55. The molecule has 0 bridgehead atoms. The third-order valence-electron chi connectivity index (χ3n) is 4.93. The predicted molar refractivity (Wildman–Crippen MR) is 119 cm³/mol. The summed E-state index contributed by atoms with van der Waals surface area (Å²) in [4.78, 5) is 13.2. The molecule has 3 aromatic rings. The molecule has 2 N–H and O–H groups in total. The summed E-state index contributed by atoms with van der Waals surface area (Å²) in [5.74, 6) is -2.42. The molecule has 0 saturated heterocycles. The number of amides is 1. The molecule has 0 saturated carbocycles. The van der Waals surface area contributed by atoms with Crippen LogP contribution in [0.15, 0.2) is 41.3 Å².